The van der Waals surface area contributed by atoms with Gasteiger partial charge >= 0.3 is 12.4 Å². The van der Waals surface area contributed by atoms with E-state index in [-0.39, 0.29) is 0 Å². The Balaban J connectivity index is 0.000000306. The van der Waals surface area contributed by atoms with E-state index >= 15 is 0 Å². The zero-order chi connectivity index (χ0) is 80.6. The molecule has 0 aliphatic heterocycles. The van der Waals surface area contributed by atoms with Crippen LogP contribution in [-0.2, 0) is 39.8 Å². The molecule has 26 heteroatoms. The maximum Gasteiger partial charge on any atom is 0.408 e. The van der Waals surface area contributed by atoms with E-state index in [1.54, 1.807) is 46.4 Å². The third kappa shape index (κ3) is 34.7. The van der Waals surface area contributed by atoms with Crippen LogP contribution < -0.4 is 0 Å². The van der Waals surface area contributed by atoms with Crippen LogP contribution in [0, 0.1) is 170 Å². The number of halogens is 6. The van der Waals surface area contributed by atoms with Gasteiger partial charge in [0.15, 0.2) is 0 Å². The lowest BCUT2D eigenvalue weighted by Crippen LogP contribution is -2.19. The fraction of sp³-hybridized carbons (Fsp3) is 0.519. The standard InChI is InChI=1S/2C9H14N2.C9H16N2.C8H14N2.2C7H9F3N2.2C7H9N.C6H10N2.2C6H8N2/c1-7-8(2)11(6-10-7)5-9-3-4-9;1-7-5-10-11(8(7)2)6-9-3-4-9;1-7(2)5-11-6-10-8(3)9(11)4;1-6(2)10-5-9-7(3)8(10)4;1-5-6(2)12(4-11-5)3-7(8,9)10;1-5-3-11-12(6(5)2)4-7(8,9)10;1-6-3-4-8-5-7(6)2;1-6-4-3-5-8-7(6)2;1-5-6(2)8(3)4-7-5;1-5-3-7-4-8-6(5)2;1-5-6(2)8-4-3-7-5/h6,9H,3-5H2,1-2H3;5,9H,3-4,6H2,1-2H3;6-7H,5H2,1-4H3;5-6H,1-4H3;4H,3H2,1-2H3;3H,4H2,1-2H3;2*3-5H,1-2H3;4H,1-3H3;2*3-4H,1-2H3. The number of pyridine rings is 2. The van der Waals surface area contributed by atoms with Crippen LogP contribution in [0.4, 0.5) is 26.3 Å². The van der Waals surface area contributed by atoms with Crippen molar-refractivity contribution >= 4 is 0 Å². The number of imidazole rings is 5. The number of alkyl halides is 6. The second kappa shape index (κ2) is 44.6. The molecule has 0 spiro atoms. The van der Waals surface area contributed by atoms with Crippen molar-refractivity contribution in [1.82, 2.24) is 97.2 Å². The van der Waals surface area contributed by atoms with Gasteiger partial charge in [0.05, 0.1) is 83.9 Å². The maximum atomic E-state index is 11.9. The van der Waals surface area contributed by atoms with Gasteiger partial charge in [-0.15, -0.1) is 0 Å². The summed E-state index contributed by atoms with van der Waals surface area (Å²) in [4.78, 5) is 44.4. The smallest absolute Gasteiger partial charge is 0.338 e. The highest BCUT2D eigenvalue weighted by molar-refractivity contribution is 5.20. The molecule has 2 aliphatic rings. The summed E-state index contributed by atoms with van der Waals surface area (Å²) in [5, 5.41) is 7.91. The topological polar surface area (TPSA) is 202 Å². The largest absolute Gasteiger partial charge is 0.408 e. The molecule has 11 heterocycles. The van der Waals surface area contributed by atoms with Crippen molar-refractivity contribution in [2.75, 3.05) is 0 Å². The first kappa shape index (κ1) is 91.7. The molecule has 0 bridgehead atoms. The van der Waals surface area contributed by atoms with Crippen molar-refractivity contribution in [2.24, 2.45) is 24.8 Å². The molecule has 2 fully saturated rings. The van der Waals surface area contributed by atoms with E-state index in [1.165, 1.54) is 101 Å². The third-order valence-corrected chi connectivity index (χ3v) is 18.4. The average Bonchev–Trinajstić information content (AvgIpc) is 1.77. The van der Waals surface area contributed by atoms with Gasteiger partial charge in [-0.1, -0.05) is 19.9 Å². The van der Waals surface area contributed by atoms with Crippen LogP contribution in [0.3, 0.4) is 0 Å². The summed E-state index contributed by atoms with van der Waals surface area (Å²) in [5.41, 5.74) is 24.0. The minimum absolute atomic E-state index is 0.529. The first-order chi connectivity index (χ1) is 50.0. The first-order valence-corrected chi connectivity index (χ1v) is 36.3. The van der Waals surface area contributed by atoms with Crippen molar-refractivity contribution in [3.05, 3.63) is 230 Å². The molecule has 2 aliphatic carbocycles. The monoisotopic (exact) mass is 1490 g/mol. The zero-order valence-electron chi connectivity index (χ0n) is 68.7. The van der Waals surface area contributed by atoms with Crippen molar-refractivity contribution in [2.45, 2.75) is 257 Å². The van der Waals surface area contributed by atoms with Gasteiger partial charge in [-0.3, -0.25) is 29.3 Å². The molecule has 11 aromatic heterocycles. The molecule has 0 atom stereocenters. The second-order valence-corrected chi connectivity index (χ2v) is 28.2. The Hall–Kier alpha value is -9.49. The summed E-state index contributed by atoms with van der Waals surface area (Å²) in [7, 11) is 2.00. The normalized spacial score (nSPS) is 11.9. The Morgan fingerprint density at radius 3 is 1.11 bits per heavy atom. The number of aromatic nitrogens is 20. The van der Waals surface area contributed by atoms with Crippen LogP contribution >= 0.6 is 0 Å². The van der Waals surface area contributed by atoms with E-state index < -0.39 is 25.4 Å². The Kier molecular flexibility index (Phi) is 38.2. The van der Waals surface area contributed by atoms with E-state index in [0.29, 0.717) is 29.0 Å². The molecule has 0 unspecified atom stereocenters. The lowest BCUT2D eigenvalue weighted by molar-refractivity contribution is -0.143. The van der Waals surface area contributed by atoms with E-state index in [2.05, 4.69) is 186 Å². The molecule has 0 N–H and O–H groups in total. The van der Waals surface area contributed by atoms with Crippen LogP contribution in [0.2, 0.25) is 0 Å². The summed E-state index contributed by atoms with van der Waals surface area (Å²) in [6.07, 6.45) is 21.7. The van der Waals surface area contributed by atoms with E-state index in [4.69, 9.17) is 0 Å². The molecule has 20 nitrogen and oxygen atoms in total. The minimum Gasteiger partial charge on any atom is -0.338 e. The summed E-state index contributed by atoms with van der Waals surface area (Å²) < 4.78 is 84.1. The van der Waals surface area contributed by atoms with Gasteiger partial charge in [0, 0.05) is 121 Å². The molecule has 0 aromatic carbocycles. The molecular weight excluding hydrogens is 1370 g/mol. The molecule has 11 aromatic rings. The van der Waals surface area contributed by atoms with Crippen LogP contribution in [0.5, 0.6) is 0 Å². The summed E-state index contributed by atoms with van der Waals surface area (Å²) in [6.45, 7) is 53.7. The highest BCUT2D eigenvalue weighted by Crippen LogP contribution is 2.32. The number of rotatable bonds is 9. The van der Waals surface area contributed by atoms with Crippen LogP contribution in [-0.4, -0.2) is 110 Å². The van der Waals surface area contributed by atoms with Crippen LogP contribution in [0.25, 0.3) is 0 Å². The van der Waals surface area contributed by atoms with Gasteiger partial charge in [0.1, 0.15) is 19.4 Å². The molecule has 586 valence electrons. The van der Waals surface area contributed by atoms with Crippen LogP contribution in [0.1, 0.15) is 184 Å². The lowest BCUT2D eigenvalue weighted by Gasteiger charge is -2.08. The predicted octanol–water partition coefficient (Wildman–Crippen LogP) is 18.8. The molecule has 2 saturated carbocycles. The highest BCUT2D eigenvalue weighted by atomic mass is 19.4. The zero-order valence-corrected chi connectivity index (χ0v) is 68.7. The average molecular weight is 1490 g/mol. The number of nitrogens with zero attached hydrogens (tertiary/aromatic N) is 20. The van der Waals surface area contributed by atoms with Gasteiger partial charge in [-0.05, 0) is 255 Å². The maximum absolute atomic E-state index is 11.9. The molecule has 107 heavy (non-hydrogen) atoms. The van der Waals surface area contributed by atoms with Crippen molar-refractivity contribution in [3.8, 4) is 0 Å². The molecule has 13 rings (SSSR count). The predicted molar refractivity (Wildman–Crippen MR) is 416 cm³/mol. The van der Waals surface area contributed by atoms with Gasteiger partial charge in [-0.25, -0.2) is 34.9 Å². The quantitative estimate of drug-likeness (QED) is 0.124. The van der Waals surface area contributed by atoms with Crippen molar-refractivity contribution < 1.29 is 26.3 Å². The molecule has 0 saturated heterocycles. The van der Waals surface area contributed by atoms with Crippen molar-refractivity contribution in [1.29, 1.82) is 0 Å². The number of hydrogen-bond donors (Lipinski definition) is 0. The van der Waals surface area contributed by atoms with Gasteiger partial charge in [0.25, 0.3) is 0 Å². The highest BCUT2D eigenvalue weighted by Gasteiger charge is 2.30. The van der Waals surface area contributed by atoms with Gasteiger partial charge < -0.3 is 22.8 Å². The van der Waals surface area contributed by atoms with Crippen LogP contribution in [0.15, 0.2) is 106 Å². The summed E-state index contributed by atoms with van der Waals surface area (Å²) in [5.74, 6) is 2.57. The fourth-order valence-corrected chi connectivity index (χ4v) is 9.15. The van der Waals surface area contributed by atoms with E-state index in [9.17, 15) is 26.3 Å². The Morgan fingerprint density at radius 1 is 0.364 bits per heavy atom. The van der Waals surface area contributed by atoms with Gasteiger partial charge in [-0.2, -0.15) is 36.5 Å². The minimum atomic E-state index is -4.19. The number of aryl methyl sites for hydroxylation is 16. The third-order valence-electron chi connectivity index (χ3n) is 18.4. The first-order valence-electron chi connectivity index (χ1n) is 36.3. The second-order valence-electron chi connectivity index (χ2n) is 28.2. The molecular formula is C81H120F6N20. The molecule has 0 radical (unpaired) electrons. The van der Waals surface area contributed by atoms with Crippen molar-refractivity contribution in [3.63, 3.8) is 0 Å². The fourth-order valence-electron chi connectivity index (χ4n) is 9.15. The van der Waals surface area contributed by atoms with Gasteiger partial charge in [0.2, 0.25) is 0 Å². The Labute approximate surface area is 632 Å². The van der Waals surface area contributed by atoms with E-state index in [1.807, 2.05) is 135 Å². The van der Waals surface area contributed by atoms with E-state index in [0.717, 1.165) is 85.2 Å². The number of hydrogen-bond acceptors (Lipinski definition) is 13. The SMILES string of the molecule is Cc1cccnc1C.Cc1ccncc1C.Cc1cncnc1C.Cc1cnn(CC(F)(F)F)c1C.Cc1cnn(CC2CC2)c1C.Cc1nccnc1C.Cc1ncn(C(C)C)c1C.Cc1ncn(C)c1C.Cc1ncn(CC(C)C)c1C.Cc1ncn(CC(F)(F)F)c1C.Cc1ncn(CC2CC2)c1C. The molecule has 0 amide bonds. The Bertz CT molecular complexity index is 3900. The Morgan fingerprint density at radius 2 is 0.804 bits per heavy atom. The summed E-state index contributed by atoms with van der Waals surface area (Å²) in [6, 6.07) is 6.54. The summed E-state index contributed by atoms with van der Waals surface area (Å²) >= 11 is 0. The lowest BCUT2D eigenvalue weighted by atomic mass is 10.2.